The summed E-state index contributed by atoms with van der Waals surface area (Å²) >= 11 is 0. The molecule has 0 fully saturated rings. The van der Waals surface area contributed by atoms with E-state index in [1.54, 1.807) is 0 Å². The number of carboxylic acids is 1. The second-order valence-electron chi connectivity index (χ2n) is 9.29. The van der Waals surface area contributed by atoms with Crippen LogP contribution < -0.4 is 56.3 Å². The maximum absolute atomic E-state index is 10.8. The van der Waals surface area contributed by atoms with Crippen molar-refractivity contribution in [2.75, 3.05) is 13.2 Å². The Morgan fingerprint density at radius 2 is 1.03 bits per heavy atom. The predicted octanol–water partition coefficient (Wildman–Crippen LogP) is 3.72. The van der Waals surface area contributed by atoms with Gasteiger partial charge in [0.25, 0.3) is 7.82 Å². The van der Waals surface area contributed by atoms with Gasteiger partial charge in [-0.1, -0.05) is 123 Å². The van der Waals surface area contributed by atoms with Crippen molar-refractivity contribution in [2.24, 2.45) is 0 Å². The molecule has 0 aromatic heterocycles. The molecule has 0 rings (SSSR count). The van der Waals surface area contributed by atoms with E-state index < -0.39 is 13.8 Å². The van der Waals surface area contributed by atoms with Crippen LogP contribution in [0, 0.1) is 0 Å². The quantitative estimate of drug-likeness (QED) is 0.0661. The zero-order valence-corrected chi connectivity index (χ0v) is 27.5. The first-order valence-electron chi connectivity index (χ1n) is 13.9. The van der Waals surface area contributed by atoms with Crippen molar-refractivity contribution < 1.29 is 90.0 Å². The molecule has 1 atom stereocenters. The monoisotopic (exact) mass is 564 g/mol. The number of aliphatic carboxylic acids is 1. The van der Waals surface area contributed by atoms with Gasteiger partial charge in [0.15, 0.2) is 6.29 Å². The van der Waals surface area contributed by atoms with Gasteiger partial charge < -0.3 is 29.3 Å². The summed E-state index contributed by atoms with van der Waals surface area (Å²) in [5, 5.41) is 8.86. The second-order valence-corrected chi connectivity index (χ2v) is 10.3. The third-order valence-electron chi connectivity index (χ3n) is 5.74. The smallest absolute Gasteiger partial charge is 0.756 e. The summed E-state index contributed by atoms with van der Waals surface area (Å²) in [5.74, 6) is -0.923. The molecule has 0 bridgehead atoms. The van der Waals surface area contributed by atoms with Crippen LogP contribution in [-0.2, 0) is 18.8 Å². The van der Waals surface area contributed by atoms with Crippen LogP contribution in [0.2, 0.25) is 0 Å². The number of carbonyl (C=O) groups is 1. The number of ether oxygens (including phenoxy) is 2. The Labute approximate surface area is 263 Å². The van der Waals surface area contributed by atoms with Gasteiger partial charge in [-0.05, 0) is 19.3 Å². The normalized spacial score (nSPS) is 11.9. The Balaban J connectivity index is -0.00000164. The summed E-state index contributed by atoms with van der Waals surface area (Å²) in [7, 11) is -4.89. The van der Waals surface area contributed by atoms with Crippen molar-refractivity contribution in [1.29, 1.82) is 0 Å². The van der Waals surface area contributed by atoms with Gasteiger partial charge in [-0.15, -0.1) is 0 Å². The molecule has 0 aliphatic carbocycles. The second kappa shape index (κ2) is 32.3. The molecule has 0 aromatic carbocycles. The molecular weight excluding hydrogens is 510 g/mol. The number of rotatable bonds is 25. The summed E-state index contributed by atoms with van der Waals surface area (Å²) in [6, 6.07) is 0. The van der Waals surface area contributed by atoms with E-state index in [9.17, 15) is 4.79 Å². The van der Waals surface area contributed by atoms with Crippen molar-refractivity contribution in [2.45, 2.75) is 149 Å². The fourth-order valence-corrected chi connectivity index (χ4v) is 3.80. The largest absolute Gasteiger partial charge is 1.00 e. The van der Waals surface area contributed by atoms with Gasteiger partial charge in [0.05, 0.1) is 0 Å². The first-order valence-corrected chi connectivity index (χ1v) is 15.4. The van der Waals surface area contributed by atoms with Crippen LogP contribution in [0.1, 0.15) is 142 Å². The first kappa shape index (κ1) is 41.6. The summed E-state index contributed by atoms with van der Waals surface area (Å²) < 4.78 is 20.0. The SMILES string of the molecule is CCCCCCCCCCCCCCCC(OCCCCCCCC)OCC(=O)O.O=P([O-])(O)O.[K+]. The van der Waals surface area contributed by atoms with E-state index in [0.29, 0.717) is 6.61 Å². The third-order valence-corrected chi connectivity index (χ3v) is 5.74. The van der Waals surface area contributed by atoms with Gasteiger partial charge in [0.2, 0.25) is 0 Å². The molecule has 212 valence electrons. The van der Waals surface area contributed by atoms with Crippen LogP contribution in [0.3, 0.4) is 0 Å². The van der Waals surface area contributed by atoms with Crippen molar-refractivity contribution >= 4 is 13.8 Å². The van der Waals surface area contributed by atoms with Crippen LogP contribution in [-0.4, -0.2) is 40.4 Å². The molecule has 0 spiro atoms. The Kier molecular flexibility index (Phi) is 37.4. The predicted molar refractivity (Wildman–Crippen MR) is 139 cm³/mol. The van der Waals surface area contributed by atoms with Crippen LogP contribution in [0.5, 0.6) is 0 Å². The van der Waals surface area contributed by atoms with E-state index >= 15 is 0 Å². The van der Waals surface area contributed by atoms with Crippen molar-refractivity contribution in [3.8, 4) is 0 Å². The third kappa shape index (κ3) is 45.1. The molecule has 1 unspecified atom stereocenters. The summed E-state index contributed by atoms with van der Waals surface area (Å²) in [4.78, 5) is 33.7. The Hall–Kier alpha value is 1.14. The molecule has 0 amide bonds. The maximum Gasteiger partial charge on any atom is 1.00 e. The zero-order chi connectivity index (χ0) is 26.6. The summed E-state index contributed by atoms with van der Waals surface area (Å²) in [5.41, 5.74) is 0. The van der Waals surface area contributed by atoms with E-state index in [1.807, 2.05) is 0 Å². The molecule has 0 aliphatic heterocycles. The molecule has 0 aliphatic rings. The molecule has 0 aromatic rings. The average Bonchev–Trinajstić information content (AvgIpc) is 2.78. The topological polar surface area (TPSA) is 136 Å². The van der Waals surface area contributed by atoms with Gasteiger partial charge in [-0.3, -0.25) is 4.57 Å². The fraction of sp³-hybridized carbons (Fsp3) is 0.962. The molecule has 0 saturated carbocycles. The molecule has 0 radical (unpaired) electrons. The minimum absolute atomic E-state index is 0. The number of hydrogen-bond acceptors (Lipinski definition) is 5. The number of hydrogen-bond donors (Lipinski definition) is 3. The number of phosphoric acid groups is 1. The van der Waals surface area contributed by atoms with Gasteiger partial charge >= 0.3 is 57.4 Å². The molecule has 10 heteroatoms. The van der Waals surface area contributed by atoms with E-state index in [1.165, 1.54) is 109 Å². The first-order chi connectivity index (χ1) is 16.7. The van der Waals surface area contributed by atoms with E-state index in [4.69, 9.17) is 33.8 Å². The summed E-state index contributed by atoms with van der Waals surface area (Å²) in [6.45, 7) is 4.91. The standard InChI is InChI=1S/C26H52O4.K.H3O4P/c1-3-5-7-9-11-12-13-14-15-16-17-18-20-22-26(30-24-25(27)28)29-23-21-19-10-8-6-4-2;;1-5(2,3)4/h26H,3-24H2,1-2H3,(H,27,28);;(H3,1,2,3,4)/q;+1;/p-1. The molecule has 3 N–H and O–H groups in total. The Bertz CT molecular complexity index is 482. The molecule has 36 heavy (non-hydrogen) atoms. The molecule has 8 nitrogen and oxygen atoms in total. The molecular formula is C26H54KO8P. The van der Waals surface area contributed by atoms with Crippen molar-refractivity contribution in [1.82, 2.24) is 0 Å². The van der Waals surface area contributed by atoms with Gasteiger partial charge in [-0.2, -0.15) is 0 Å². The maximum atomic E-state index is 10.8. The zero-order valence-electron chi connectivity index (χ0n) is 23.5. The molecule has 0 saturated heterocycles. The van der Waals surface area contributed by atoms with Crippen LogP contribution in [0.15, 0.2) is 0 Å². The van der Waals surface area contributed by atoms with E-state index in [2.05, 4.69) is 13.8 Å². The Morgan fingerprint density at radius 3 is 1.39 bits per heavy atom. The minimum Gasteiger partial charge on any atom is -0.756 e. The summed E-state index contributed by atoms with van der Waals surface area (Å²) in [6.07, 6.45) is 25.1. The Morgan fingerprint density at radius 1 is 0.694 bits per heavy atom. The number of unbranched alkanes of at least 4 members (excludes halogenated alkanes) is 17. The van der Waals surface area contributed by atoms with Crippen LogP contribution in [0.4, 0.5) is 0 Å². The van der Waals surface area contributed by atoms with Gasteiger partial charge in [0, 0.05) is 6.61 Å². The molecule has 0 heterocycles. The number of carboxylic acid groups (broad SMARTS) is 1. The van der Waals surface area contributed by atoms with Gasteiger partial charge in [-0.25, -0.2) is 4.79 Å². The van der Waals surface area contributed by atoms with Crippen molar-refractivity contribution in [3.05, 3.63) is 0 Å². The average molecular weight is 565 g/mol. The van der Waals surface area contributed by atoms with Gasteiger partial charge in [0.1, 0.15) is 6.61 Å². The van der Waals surface area contributed by atoms with E-state index in [0.717, 1.165) is 19.3 Å². The van der Waals surface area contributed by atoms with Crippen molar-refractivity contribution in [3.63, 3.8) is 0 Å². The fourth-order valence-electron chi connectivity index (χ4n) is 3.80. The minimum atomic E-state index is -4.89. The van der Waals surface area contributed by atoms with Crippen LogP contribution >= 0.6 is 7.82 Å². The van der Waals surface area contributed by atoms with Crippen LogP contribution in [0.25, 0.3) is 0 Å². The van der Waals surface area contributed by atoms with E-state index in [-0.39, 0.29) is 64.3 Å².